The van der Waals surface area contributed by atoms with E-state index in [1.165, 1.54) is 11.3 Å². The second-order valence-corrected chi connectivity index (χ2v) is 4.13. The van der Waals surface area contributed by atoms with Gasteiger partial charge in [0.05, 0.1) is 0 Å². The molecule has 3 nitrogen and oxygen atoms in total. The van der Waals surface area contributed by atoms with E-state index in [0.29, 0.717) is 11.2 Å². The van der Waals surface area contributed by atoms with Crippen LogP contribution in [0.15, 0.2) is 17.5 Å². The second-order valence-electron chi connectivity index (χ2n) is 3.22. The van der Waals surface area contributed by atoms with Crippen molar-refractivity contribution < 1.29 is 10.0 Å². The first-order chi connectivity index (χ1) is 6.61. The summed E-state index contributed by atoms with van der Waals surface area (Å²) >= 11 is 1.49. The molecule has 2 aromatic rings. The van der Waals surface area contributed by atoms with Crippen LogP contribution in [-0.4, -0.2) is 17.2 Å². The molecule has 4 N–H and O–H groups in total. The van der Waals surface area contributed by atoms with Gasteiger partial charge in [-0.1, -0.05) is 0 Å². The summed E-state index contributed by atoms with van der Waals surface area (Å²) in [5, 5.41) is 21.4. The van der Waals surface area contributed by atoms with E-state index in [9.17, 15) is 10.0 Å². The van der Waals surface area contributed by atoms with Crippen LogP contribution in [0.2, 0.25) is 0 Å². The number of anilines is 1. The lowest BCUT2D eigenvalue weighted by Crippen LogP contribution is -2.33. The molecule has 1 aromatic carbocycles. The zero-order chi connectivity index (χ0) is 10.3. The Hall–Kier alpha value is -1.04. The van der Waals surface area contributed by atoms with Gasteiger partial charge < -0.3 is 15.8 Å². The SMILES string of the molecule is Cc1c(N)cc2ccsc2c1B(O)O. The standard InChI is InChI=1S/C9H10BNO2S/c1-5-7(11)4-6-2-3-14-9(6)8(5)10(12)13/h2-4,12-13H,11H2,1H3. The number of hydrogen-bond acceptors (Lipinski definition) is 4. The van der Waals surface area contributed by atoms with Gasteiger partial charge in [0.15, 0.2) is 0 Å². The summed E-state index contributed by atoms with van der Waals surface area (Å²) in [6, 6.07) is 3.77. The van der Waals surface area contributed by atoms with E-state index < -0.39 is 7.12 Å². The minimum Gasteiger partial charge on any atom is -0.423 e. The molecule has 72 valence electrons. The van der Waals surface area contributed by atoms with Crippen LogP contribution in [0, 0.1) is 6.92 Å². The molecule has 0 aliphatic rings. The van der Waals surface area contributed by atoms with Gasteiger partial charge in [-0.05, 0) is 35.4 Å². The summed E-state index contributed by atoms with van der Waals surface area (Å²) < 4.78 is 0.895. The summed E-state index contributed by atoms with van der Waals surface area (Å²) in [5.41, 5.74) is 7.63. The van der Waals surface area contributed by atoms with Gasteiger partial charge in [0.1, 0.15) is 0 Å². The molecule has 0 spiro atoms. The van der Waals surface area contributed by atoms with Crippen molar-refractivity contribution in [3.05, 3.63) is 23.1 Å². The van der Waals surface area contributed by atoms with Gasteiger partial charge in [-0.25, -0.2) is 0 Å². The number of nitrogen functional groups attached to an aromatic ring is 1. The molecule has 0 fully saturated rings. The predicted molar refractivity (Wildman–Crippen MR) is 60.8 cm³/mol. The van der Waals surface area contributed by atoms with Crippen molar-refractivity contribution in [3.8, 4) is 0 Å². The Morgan fingerprint density at radius 2 is 2.14 bits per heavy atom. The number of thiophene rings is 1. The smallest absolute Gasteiger partial charge is 0.423 e. The van der Waals surface area contributed by atoms with Gasteiger partial charge in [-0.2, -0.15) is 0 Å². The predicted octanol–water partition coefficient (Wildman–Crippen LogP) is 0.472. The van der Waals surface area contributed by atoms with Gasteiger partial charge >= 0.3 is 7.12 Å². The first kappa shape index (κ1) is 9.52. The van der Waals surface area contributed by atoms with Crippen molar-refractivity contribution in [2.45, 2.75) is 6.92 Å². The monoisotopic (exact) mass is 207 g/mol. The molecular formula is C9H10BNO2S. The Labute approximate surface area is 85.9 Å². The topological polar surface area (TPSA) is 66.5 Å². The first-order valence-corrected chi connectivity index (χ1v) is 5.11. The molecule has 14 heavy (non-hydrogen) atoms. The number of nitrogens with two attached hydrogens (primary N) is 1. The lowest BCUT2D eigenvalue weighted by atomic mass is 9.76. The van der Waals surface area contributed by atoms with Gasteiger partial charge in [0, 0.05) is 15.9 Å². The highest BCUT2D eigenvalue weighted by Gasteiger charge is 2.20. The fourth-order valence-electron chi connectivity index (χ4n) is 1.56. The molecule has 1 aromatic heterocycles. The lowest BCUT2D eigenvalue weighted by Gasteiger charge is -2.08. The van der Waals surface area contributed by atoms with Crippen molar-refractivity contribution in [2.75, 3.05) is 5.73 Å². The average molecular weight is 207 g/mol. The molecule has 0 amide bonds. The summed E-state index contributed by atoms with van der Waals surface area (Å²) in [4.78, 5) is 0. The second kappa shape index (κ2) is 3.27. The van der Waals surface area contributed by atoms with Crippen LogP contribution in [0.1, 0.15) is 5.56 Å². The van der Waals surface area contributed by atoms with E-state index in [4.69, 9.17) is 5.73 Å². The van der Waals surface area contributed by atoms with Crippen LogP contribution < -0.4 is 11.2 Å². The Morgan fingerprint density at radius 1 is 1.43 bits per heavy atom. The van der Waals surface area contributed by atoms with Crippen molar-refractivity contribution in [2.24, 2.45) is 0 Å². The van der Waals surface area contributed by atoms with E-state index in [2.05, 4.69) is 0 Å². The molecule has 0 bridgehead atoms. The van der Waals surface area contributed by atoms with Crippen LogP contribution in [0.3, 0.4) is 0 Å². The van der Waals surface area contributed by atoms with E-state index in [0.717, 1.165) is 15.6 Å². The summed E-state index contributed by atoms with van der Waals surface area (Å²) in [5.74, 6) is 0. The molecule has 0 saturated carbocycles. The maximum Gasteiger partial charge on any atom is 0.490 e. The van der Waals surface area contributed by atoms with Crippen LogP contribution in [-0.2, 0) is 0 Å². The van der Waals surface area contributed by atoms with Gasteiger partial charge in [0.25, 0.3) is 0 Å². The summed E-state index contributed by atoms with van der Waals surface area (Å²) in [6.07, 6.45) is 0. The Morgan fingerprint density at radius 3 is 2.79 bits per heavy atom. The van der Waals surface area contributed by atoms with E-state index in [1.54, 1.807) is 6.92 Å². The van der Waals surface area contributed by atoms with Gasteiger partial charge in [0.2, 0.25) is 0 Å². The molecule has 1 heterocycles. The molecule has 0 saturated heterocycles. The maximum absolute atomic E-state index is 9.25. The van der Waals surface area contributed by atoms with Crippen molar-refractivity contribution in [3.63, 3.8) is 0 Å². The third-order valence-electron chi connectivity index (χ3n) is 2.35. The number of benzene rings is 1. The first-order valence-electron chi connectivity index (χ1n) is 4.23. The third-order valence-corrected chi connectivity index (χ3v) is 3.31. The highest BCUT2D eigenvalue weighted by molar-refractivity contribution is 7.18. The molecule has 0 aliphatic heterocycles. The largest absolute Gasteiger partial charge is 0.490 e. The van der Waals surface area contributed by atoms with Crippen molar-refractivity contribution in [1.82, 2.24) is 0 Å². The fourth-order valence-corrected chi connectivity index (χ4v) is 2.56. The van der Waals surface area contributed by atoms with Gasteiger partial charge in [-0.15, -0.1) is 11.3 Å². The highest BCUT2D eigenvalue weighted by atomic mass is 32.1. The van der Waals surface area contributed by atoms with E-state index in [-0.39, 0.29) is 0 Å². The van der Waals surface area contributed by atoms with Gasteiger partial charge in [-0.3, -0.25) is 0 Å². The average Bonchev–Trinajstić information content (AvgIpc) is 2.52. The molecule has 0 radical (unpaired) electrons. The van der Waals surface area contributed by atoms with E-state index >= 15 is 0 Å². The molecule has 5 heteroatoms. The zero-order valence-electron chi connectivity index (χ0n) is 7.69. The molecule has 0 atom stereocenters. The van der Waals surface area contributed by atoms with Crippen LogP contribution >= 0.6 is 11.3 Å². The Balaban J connectivity index is 2.86. The number of fused-ring (bicyclic) bond motifs is 1. The molecular weight excluding hydrogens is 197 g/mol. The highest BCUT2D eigenvalue weighted by Crippen LogP contribution is 2.24. The molecule has 2 rings (SSSR count). The van der Waals surface area contributed by atoms with E-state index in [1.807, 2.05) is 17.5 Å². The Kier molecular flexibility index (Phi) is 2.22. The fraction of sp³-hybridized carbons (Fsp3) is 0.111. The van der Waals surface area contributed by atoms with Crippen LogP contribution in [0.25, 0.3) is 10.1 Å². The quantitative estimate of drug-likeness (QED) is 0.470. The summed E-state index contributed by atoms with van der Waals surface area (Å²) in [6.45, 7) is 1.79. The minimum atomic E-state index is -1.46. The number of rotatable bonds is 1. The number of hydrogen-bond donors (Lipinski definition) is 3. The molecule has 0 unspecified atom stereocenters. The maximum atomic E-state index is 9.25. The normalized spacial score (nSPS) is 10.8. The van der Waals surface area contributed by atoms with Crippen LogP contribution in [0.4, 0.5) is 5.69 Å². The van der Waals surface area contributed by atoms with Crippen LogP contribution in [0.5, 0.6) is 0 Å². The van der Waals surface area contributed by atoms with Crippen molar-refractivity contribution >= 4 is 39.7 Å². The molecule has 0 aliphatic carbocycles. The minimum absolute atomic E-state index is 0.523. The zero-order valence-corrected chi connectivity index (χ0v) is 8.51. The third kappa shape index (κ3) is 1.30. The lowest BCUT2D eigenvalue weighted by molar-refractivity contribution is 0.426. The van der Waals surface area contributed by atoms with Crippen molar-refractivity contribution in [1.29, 1.82) is 0 Å². The Bertz CT molecular complexity index is 481. The summed E-state index contributed by atoms with van der Waals surface area (Å²) in [7, 11) is -1.46.